The van der Waals surface area contributed by atoms with E-state index in [0.29, 0.717) is 25.0 Å². The molecule has 4 unspecified atom stereocenters. The fourth-order valence-corrected chi connectivity index (χ4v) is 5.85. The molecular formula is C21H23NO6. The lowest BCUT2D eigenvalue weighted by Gasteiger charge is -2.61. The molecule has 28 heavy (non-hydrogen) atoms. The van der Waals surface area contributed by atoms with Crippen LogP contribution in [0.1, 0.15) is 30.4 Å². The van der Waals surface area contributed by atoms with Gasteiger partial charge in [-0.05, 0) is 44.5 Å². The van der Waals surface area contributed by atoms with Crippen molar-refractivity contribution >= 4 is 11.9 Å². The molecule has 0 amide bonds. The number of likely N-dealkylation sites (tertiary alicyclic amines) is 1. The van der Waals surface area contributed by atoms with Crippen molar-refractivity contribution in [2.24, 2.45) is 0 Å². The van der Waals surface area contributed by atoms with Crippen LogP contribution in [0.15, 0.2) is 24.8 Å². The number of carbonyl (C=O) groups is 2. The Morgan fingerprint density at radius 3 is 3.07 bits per heavy atom. The van der Waals surface area contributed by atoms with Gasteiger partial charge in [-0.2, -0.15) is 0 Å². The summed E-state index contributed by atoms with van der Waals surface area (Å²) >= 11 is 0. The lowest BCUT2D eigenvalue weighted by Crippen LogP contribution is -2.76. The molecule has 1 saturated heterocycles. The van der Waals surface area contributed by atoms with Crippen molar-refractivity contribution in [1.82, 2.24) is 4.90 Å². The van der Waals surface area contributed by atoms with Crippen LogP contribution in [-0.2, 0) is 21.4 Å². The normalized spacial score (nSPS) is 35.0. The van der Waals surface area contributed by atoms with Crippen LogP contribution < -0.4 is 9.47 Å². The van der Waals surface area contributed by atoms with Gasteiger partial charge >= 0.3 is 6.16 Å². The number of Topliss-reactive ketones (excluding diaryl/α,β-unsaturated/α-hetero) is 1. The molecule has 2 aliphatic carbocycles. The Bertz CT molecular complexity index is 897. The maximum absolute atomic E-state index is 12.8. The maximum Gasteiger partial charge on any atom is 0.514 e. The molecule has 1 N–H and O–H groups in total. The summed E-state index contributed by atoms with van der Waals surface area (Å²) in [5.41, 5.74) is 0.0534. The Kier molecular flexibility index (Phi) is 3.67. The second kappa shape index (κ2) is 5.81. The summed E-state index contributed by atoms with van der Waals surface area (Å²) in [6.45, 7) is 4.31. The molecule has 1 aromatic rings. The minimum absolute atomic E-state index is 0.00258. The van der Waals surface area contributed by atoms with Crippen molar-refractivity contribution in [1.29, 1.82) is 0 Å². The van der Waals surface area contributed by atoms with E-state index in [1.807, 2.05) is 13.1 Å². The number of benzene rings is 1. The first-order valence-electron chi connectivity index (χ1n) is 9.66. The molecule has 1 saturated carbocycles. The van der Waals surface area contributed by atoms with Gasteiger partial charge in [0.05, 0.1) is 11.0 Å². The van der Waals surface area contributed by atoms with E-state index in [9.17, 15) is 14.7 Å². The quantitative estimate of drug-likeness (QED) is 0.482. The zero-order chi connectivity index (χ0) is 19.7. The van der Waals surface area contributed by atoms with Crippen LogP contribution in [0.4, 0.5) is 4.79 Å². The van der Waals surface area contributed by atoms with Gasteiger partial charge in [-0.3, -0.25) is 4.79 Å². The highest BCUT2D eigenvalue weighted by atomic mass is 16.7. The van der Waals surface area contributed by atoms with Crippen molar-refractivity contribution in [3.63, 3.8) is 0 Å². The van der Waals surface area contributed by atoms with Gasteiger partial charge in [0.15, 0.2) is 23.4 Å². The summed E-state index contributed by atoms with van der Waals surface area (Å²) in [6, 6.07) is 3.53. The highest BCUT2D eigenvalue weighted by Crippen LogP contribution is 2.64. The zero-order valence-electron chi connectivity index (χ0n) is 15.8. The van der Waals surface area contributed by atoms with E-state index >= 15 is 0 Å². The largest absolute Gasteiger partial charge is 0.514 e. The summed E-state index contributed by atoms with van der Waals surface area (Å²) in [5.74, 6) is 0.621. The molecular weight excluding hydrogens is 362 g/mol. The minimum Gasteiger partial charge on any atom is -0.477 e. The first-order valence-corrected chi connectivity index (χ1v) is 9.66. The average Bonchev–Trinajstić information content (AvgIpc) is 3.03. The second-order valence-corrected chi connectivity index (χ2v) is 8.19. The molecule has 2 heterocycles. The van der Waals surface area contributed by atoms with E-state index in [4.69, 9.17) is 14.2 Å². The maximum atomic E-state index is 12.8. The van der Waals surface area contributed by atoms with Crippen LogP contribution in [-0.4, -0.2) is 59.9 Å². The number of aliphatic hydroxyl groups is 1. The van der Waals surface area contributed by atoms with Crippen molar-refractivity contribution in [3.05, 3.63) is 35.9 Å². The average molecular weight is 385 g/mol. The minimum atomic E-state index is -1.04. The predicted octanol–water partition coefficient (Wildman–Crippen LogP) is 1.74. The number of carbonyl (C=O) groups excluding carboxylic acids is 2. The van der Waals surface area contributed by atoms with Gasteiger partial charge in [-0.15, -0.1) is 0 Å². The first kappa shape index (κ1) is 17.7. The van der Waals surface area contributed by atoms with Crippen LogP contribution in [0.25, 0.3) is 0 Å². The van der Waals surface area contributed by atoms with E-state index in [-0.39, 0.29) is 30.6 Å². The highest BCUT2D eigenvalue weighted by molar-refractivity contribution is 5.90. The fourth-order valence-electron chi connectivity index (χ4n) is 5.85. The van der Waals surface area contributed by atoms with Crippen molar-refractivity contribution in [3.8, 4) is 11.5 Å². The fraction of sp³-hybridized carbons (Fsp3) is 0.524. The molecule has 148 valence electrons. The van der Waals surface area contributed by atoms with Crippen LogP contribution in [0.3, 0.4) is 0 Å². The Hall–Kier alpha value is -2.38. The first-order chi connectivity index (χ1) is 13.4. The van der Waals surface area contributed by atoms with Gasteiger partial charge in [0.2, 0.25) is 0 Å². The molecule has 7 heteroatoms. The van der Waals surface area contributed by atoms with Gasteiger partial charge < -0.3 is 24.2 Å². The summed E-state index contributed by atoms with van der Waals surface area (Å²) in [7, 11) is 2.02. The van der Waals surface area contributed by atoms with Gasteiger partial charge in [0.1, 0.15) is 6.61 Å². The Morgan fingerprint density at radius 1 is 1.46 bits per heavy atom. The molecule has 4 aliphatic rings. The van der Waals surface area contributed by atoms with Crippen LogP contribution in [0.2, 0.25) is 0 Å². The number of ketones is 1. The number of likely N-dealkylation sites (N-methyl/N-ethyl adjacent to an activating group) is 1. The predicted molar refractivity (Wildman–Crippen MR) is 98.6 cm³/mol. The third-order valence-electron chi connectivity index (χ3n) is 7.02. The summed E-state index contributed by atoms with van der Waals surface area (Å²) in [6.07, 6.45) is 1.85. The van der Waals surface area contributed by atoms with Crippen LogP contribution in [0.5, 0.6) is 11.5 Å². The van der Waals surface area contributed by atoms with Gasteiger partial charge in [-0.1, -0.05) is 18.7 Å². The number of nitrogens with zero attached hydrogens (tertiary/aromatic N) is 1. The Balaban J connectivity index is 1.65. The molecule has 2 fully saturated rings. The number of piperidine rings is 1. The molecule has 4 atom stereocenters. The van der Waals surface area contributed by atoms with Gasteiger partial charge in [-0.25, -0.2) is 4.79 Å². The summed E-state index contributed by atoms with van der Waals surface area (Å²) < 4.78 is 16.4. The standard InChI is InChI=1S/C21H23NO6/c1-3-10-26-19(24)27-14-5-4-12-11-15-21(25)7-6-13(23)18-20(21,8-9-22(15)2)16(12)17(14)28-18/h3-5,15,18,25H,1,6-11H2,2H3. The van der Waals surface area contributed by atoms with Crippen molar-refractivity contribution in [2.75, 3.05) is 20.2 Å². The lowest BCUT2D eigenvalue weighted by atomic mass is 9.49. The molecule has 5 rings (SSSR count). The zero-order valence-corrected chi connectivity index (χ0v) is 15.8. The molecule has 2 bridgehead atoms. The molecule has 7 nitrogen and oxygen atoms in total. The van der Waals surface area contributed by atoms with Crippen molar-refractivity contribution in [2.45, 2.75) is 48.8 Å². The smallest absolute Gasteiger partial charge is 0.477 e. The third kappa shape index (κ3) is 2.01. The number of hydrogen-bond donors (Lipinski definition) is 1. The van der Waals surface area contributed by atoms with Crippen molar-refractivity contribution < 1.29 is 28.9 Å². The Labute approximate surface area is 162 Å². The van der Waals surface area contributed by atoms with E-state index in [0.717, 1.165) is 17.7 Å². The number of hydrogen-bond acceptors (Lipinski definition) is 7. The van der Waals surface area contributed by atoms with E-state index < -0.39 is 23.3 Å². The monoisotopic (exact) mass is 385 g/mol. The molecule has 1 spiro atoms. The van der Waals surface area contributed by atoms with Crippen LogP contribution >= 0.6 is 0 Å². The van der Waals surface area contributed by atoms with E-state index in [2.05, 4.69) is 11.5 Å². The molecule has 1 aromatic carbocycles. The summed E-state index contributed by atoms with van der Waals surface area (Å²) in [4.78, 5) is 27.0. The number of ether oxygens (including phenoxy) is 3. The topological polar surface area (TPSA) is 85.3 Å². The van der Waals surface area contributed by atoms with E-state index in [1.54, 1.807) is 6.07 Å². The highest BCUT2D eigenvalue weighted by Gasteiger charge is 2.72. The van der Waals surface area contributed by atoms with E-state index in [1.165, 1.54) is 6.08 Å². The lowest BCUT2D eigenvalue weighted by molar-refractivity contribution is -0.185. The third-order valence-corrected chi connectivity index (χ3v) is 7.02. The molecule has 0 aromatic heterocycles. The summed E-state index contributed by atoms with van der Waals surface area (Å²) in [5, 5.41) is 11.9. The molecule has 2 aliphatic heterocycles. The van der Waals surface area contributed by atoms with Gasteiger partial charge in [0.25, 0.3) is 0 Å². The second-order valence-electron chi connectivity index (χ2n) is 8.19. The van der Waals surface area contributed by atoms with Gasteiger partial charge in [0, 0.05) is 18.0 Å². The number of rotatable bonds is 3. The van der Waals surface area contributed by atoms with Crippen LogP contribution in [0, 0.1) is 0 Å². The Morgan fingerprint density at radius 2 is 2.29 bits per heavy atom. The molecule has 0 radical (unpaired) electrons. The SMILES string of the molecule is C=CCOC(=O)Oc1ccc2c3c1OC1C(=O)CCC4(O)C(C2)N(C)CCC314.